The lowest BCUT2D eigenvalue weighted by Gasteiger charge is -2.27. The molecule has 0 radical (unpaired) electrons. The Morgan fingerprint density at radius 3 is 2.77 bits per heavy atom. The van der Waals surface area contributed by atoms with Crippen molar-refractivity contribution in [2.45, 2.75) is 6.42 Å². The van der Waals surface area contributed by atoms with Gasteiger partial charge in [-0.15, -0.1) is 0 Å². The Labute approximate surface area is 176 Å². The maximum Gasteiger partial charge on any atom is 0.260 e. The number of nitrogens with zero attached hydrogens (tertiary/aromatic N) is 3. The molecule has 0 fully saturated rings. The first kappa shape index (κ1) is 20.4. The van der Waals surface area contributed by atoms with Gasteiger partial charge in [0.25, 0.3) is 11.8 Å². The van der Waals surface area contributed by atoms with Crippen molar-refractivity contribution in [2.24, 2.45) is 9.98 Å². The number of hydrogen-bond donors (Lipinski definition) is 1. The van der Waals surface area contributed by atoms with Gasteiger partial charge in [0, 0.05) is 30.3 Å². The molecule has 31 heavy (non-hydrogen) atoms. The van der Waals surface area contributed by atoms with Crippen LogP contribution >= 0.6 is 0 Å². The Kier molecular flexibility index (Phi) is 5.57. The minimum atomic E-state index is -1.17. The quantitative estimate of drug-likeness (QED) is 0.823. The van der Waals surface area contributed by atoms with E-state index in [0.29, 0.717) is 29.0 Å². The van der Waals surface area contributed by atoms with Crippen LogP contribution in [0.1, 0.15) is 27.1 Å². The van der Waals surface area contributed by atoms with E-state index in [2.05, 4.69) is 15.3 Å². The topological polar surface area (TPSA) is 83.4 Å². The molecule has 0 saturated heterocycles. The summed E-state index contributed by atoms with van der Waals surface area (Å²) in [5.41, 5.74) is 1.43. The summed E-state index contributed by atoms with van der Waals surface area (Å²) in [5, 5.41) is 2.66. The number of nitrogens with one attached hydrogen (secondary N) is 1. The molecule has 4 rings (SSSR count). The second-order valence-corrected chi connectivity index (χ2v) is 6.89. The molecular weight excluding hydrogens is 406 g/mol. The number of benzene rings is 2. The lowest BCUT2D eigenvalue weighted by Crippen LogP contribution is -2.38. The zero-order chi connectivity index (χ0) is 22.0. The highest BCUT2D eigenvalue weighted by molar-refractivity contribution is 6.14. The Hall–Kier alpha value is -3.88. The van der Waals surface area contributed by atoms with Gasteiger partial charge < -0.3 is 9.64 Å². The van der Waals surface area contributed by atoms with Crippen molar-refractivity contribution in [3.05, 3.63) is 77.0 Å². The molecule has 9 heteroatoms. The summed E-state index contributed by atoms with van der Waals surface area (Å²) >= 11 is 0. The number of rotatable bonds is 3. The predicted octanol–water partition coefficient (Wildman–Crippen LogP) is 2.94. The summed E-state index contributed by atoms with van der Waals surface area (Å²) in [6.07, 6.45) is 1.93. The van der Waals surface area contributed by atoms with Crippen LogP contribution < -0.4 is 10.1 Å². The van der Waals surface area contributed by atoms with Gasteiger partial charge in [0.1, 0.15) is 5.75 Å². The highest BCUT2D eigenvalue weighted by atomic mass is 19.2. The number of aliphatic imine (C=N–C) groups is 2. The molecule has 2 aromatic rings. The molecule has 0 aromatic heterocycles. The Bertz CT molecular complexity index is 1160. The monoisotopic (exact) mass is 424 g/mol. The molecule has 0 bridgehead atoms. The van der Waals surface area contributed by atoms with Gasteiger partial charge in [0.05, 0.1) is 24.9 Å². The van der Waals surface area contributed by atoms with Crippen LogP contribution in [0, 0.1) is 11.6 Å². The summed E-state index contributed by atoms with van der Waals surface area (Å²) in [4.78, 5) is 35.0. The third kappa shape index (κ3) is 4.20. The Morgan fingerprint density at radius 1 is 1.16 bits per heavy atom. The fourth-order valence-corrected chi connectivity index (χ4v) is 3.29. The molecule has 2 amide bonds. The van der Waals surface area contributed by atoms with Gasteiger partial charge >= 0.3 is 0 Å². The minimum Gasteiger partial charge on any atom is -0.497 e. The number of fused-ring (bicyclic) bond motifs is 1. The number of guanidine groups is 1. The fourth-order valence-electron chi connectivity index (χ4n) is 3.29. The van der Waals surface area contributed by atoms with Crippen molar-refractivity contribution in [3.63, 3.8) is 0 Å². The smallest absolute Gasteiger partial charge is 0.260 e. The first-order chi connectivity index (χ1) is 15.0. The average molecular weight is 424 g/mol. The highest BCUT2D eigenvalue weighted by Crippen LogP contribution is 2.21. The molecule has 0 unspecified atom stereocenters. The van der Waals surface area contributed by atoms with Crippen LogP contribution in [0.2, 0.25) is 0 Å². The number of methoxy groups -OCH3 is 1. The van der Waals surface area contributed by atoms with E-state index in [9.17, 15) is 18.4 Å². The van der Waals surface area contributed by atoms with Crippen LogP contribution in [0.4, 0.5) is 8.78 Å². The van der Waals surface area contributed by atoms with E-state index in [1.165, 1.54) is 24.1 Å². The van der Waals surface area contributed by atoms with Gasteiger partial charge in [-0.3, -0.25) is 14.9 Å². The summed E-state index contributed by atoms with van der Waals surface area (Å²) in [5.74, 6) is -2.52. The predicted molar refractivity (Wildman–Crippen MR) is 110 cm³/mol. The number of hydrogen-bond acceptors (Lipinski definition) is 5. The number of halogens is 2. The second kappa shape index (κ2) is 8.47. The van der Waals surface area contributed by atoms with Gasteiger partial charge in [-0.2, -0.15) is 0 Å². The van der Waals surface area contributed by atoms with Crippen LogP contribution in [0.5, 0.6) is 5.75 Å². The van der Waals surface area contributed by atoms with Gasteiger partial charge in [0.2, 0.25) is 5.96 Å². The first-order valence-corrected chi connectivity index (χ1v) is 9.49. The number of ether oxygens (including phenoxy) is 1. The molecule has 0 atom stereocenters. The van der Waals surface area contributed by atoms with Gasteiger partial charge in [-0.25, -0.2) is 18.8 Å². The van der Waals surface area contributed by atoms with Crippen molar-refractivity contribution in [1.82, 2.24) is 10.2 Å². The van der Waals surface area contributed by atoms with Crippen LogP contribution in [-0.4, -0.2) is 48.6 Å². The standard InChI is InChI=1S/C22H18F2N4O3/c1-31-15-5-2-4-13(10-15)20(29)27-22-25-11-14-12-28(9-8-18(14)26-22)21(30)16-6-3-7-17(23)19(16)24/h2-7,10,12H,8-9,11H2,1H3,(H,25,27,29). The molecule has 1 N–H and O–H groups in total. The van der Waals surface area contributed by atoms with Gasteiger partial charge in [0.15, 0.2) is 11.6 Å². The highest BCUT2D eigenvalue weighted by Gasteiger charge is 2.27. The van der Waals surface area contributed by atoms with E-state index in [-0.39, 0.29) is 30.5 Å². The van der Waals surface area contributed by atoms with E-state index in [1.807, 2.05) is 0 Å². The molecule has 2 aliphatic heterocycles. The molecular formula is C22H18F2N4O3. The van der Waals surface area contributed by atoms with Crippen molar-refractivity contribution < 1.29 is 23.1 Å². The molecule has 0 aliphatic carbocycles. The summed E-state index contributed by atoms with van der Waals surface area (Å²) < 4.78 is 32.5. The van der Waals surface area contributed by atoms with Crippen molar-refractivity contribution in [2.75, 3.05) is 20.2 Å². The molecule has 7 nitrogen and oxygen atoms in total. The molecule has 158 valence electrons. The summed E-state index contributed by atoms with van der Waals surface area (Å²) in [7, 11) is 1.52. The normalized spacial score (nSPS) is 15.3. The molecule has 0 spiro atoms. The SMILES string of the molecule is COc1cccc(C(=O)NC2=NCC3=CN(C(=O)c4cccc(F)c4F)CCC3=N2)c1. The van der Waals surface area contributed by atoms with Gasteiger partial charge in [-0.1, -0.05) is 12.1 Å². The van der Waals surface area contributed by atoms with Crippen molar-refractivity contribution in [1.29, 1.82) is 0 Å². The van der Waals surface area contributed by atoms with Crippen LogP contribution in [0.15, 0.2) is 64.2 Å². The maximum atomic E-state index is 14.0. The van der Waals surface area contributed by atoms with E-state index < -0.39 is 17.5 Å². The third-order valence-corrected chi connectivity index (χ3v) is 4.91. The maximum absolute atomic E-state index is 14.0. The van der Waals surface area contributed by atoms with Crippen molar-refractivity contribution >= 4 is 23.5 Å². The van der Waals surface area contributed by atoms with E-state index in [1.54, 1.807) is 30.5 Å². The largest absolute Gasteiger partial charge is 0.497 e. The molecule has 0 saturated carbocycles. The molecule has 2 aromatic carbocycles. The number of amides is 2. The minimum absolute atomic E-state index is 0.177. The van der Waals surface area contributed by atoms with Crippen LogP contribution in [0.3, 0.4) is 0 Å². The van der Waals surface area contributed by atoms with Crippen molar-refractivity contribution in [3.8, 4) is 5.75 Å². The van der Waals surface area contributed by atoms with Crippen LogP contribution in [-0.2, 0) is 0 Å². The Morgan fingerprint density at radius 2 is 1.97 bits per heavy atom. The second-order valence-electron chi connectivity index (χ2n) is 6.89. The van der Waals surface area contributed by atoms with Crippen LogP contribution in [0.25, 0.3) is 0 Å². The van der Waals surface area contributed by atoms with E-state index >= 15 is 0 Å². The van der Waals surface area contributed by atoms with E-state index in [4.69, 9.17) is 4.74 Å². The lowest BCUT2D eigenvalue weighted by atomic mass is 10.0. The third-order valence-electron chi connectivity index (χ3n) is 4.91. The van der Waals surface area contributed by atoms with E-state index in [0.717, 1.165) is 6.07 Å². The molecule has 2 aliphatic rings. The lowest BCUT2D eigenvalue weighted by molar-refractivity contribution is 0.0816. The molecule has 2 heterocycles. The summed E-state index contributed by atoms with van der Waals surface area (Å²) in [6.45, 7) is 0.441. The fraction of sp³-hybridized carbons (Fsp3) is 0.182. The summed E-state index contributed by atoms with van der Waals surface area (Å²) in [6, 6.07) is 10.2. The number of carbonyl (C=O) groups excluding carboxylic acids is 2. The average Bonchev–Trinajstić information content (AvgIpc) is 2.80. The van der Waals surface area contributed by atoms with Gasteiger partial charge in [-0.05, 0) is 30.3 Å². The zero-order valence-electron chi connectivity index (χ0n) is 16.6. The number of carbonyl (C=O) groups is 2. The first-order valence-electron chi connectivity index (χ1n) is 9.49. The zero-order valence-corrected chi connectivity index (χ0v) is 16.6. The Balaban J connectivity index is 1.47.